The van der Waals surface area contributed by atoms with Crippen LogP contribution >= 0.6 is 0 Å². The van der Waals surface area contributed by atoms with Gasteiger partial charge in [0.2, 0.25) is 0 Å². The van der Waals surface area contributed by atoms with E-state index in [4.69, 9.17) is 5.26 Å². The molecular weight excluding hydrogens is 217 g/mol. The minimum absolute atomic E-state index is 0.323. The van der Waals surface area contributed by atoms with E-state index in [0.717, 1.165) is 13.1 Å². The molecule has 1 unspecified atom stereocenters. The van der Waals surface area contributed by atoms with E-state index >= 15 is 0 Å². The summed E-state index contributed by atoms with van der Waals surface area (Å²) in [6, 6.07) is 8.05. The van der Waals surface area contributed by atoms with Crippen LogP contribution in [0, 0.1) is 17.1 Å². The predicted molar refractivity (Wildman–Crippen MR) is 65.9 cm³/mol. The molecule has 0 aliphatic heterocycles. The first-order valence-corrected chi connectivity index (χ1v) is 5.55. The largest absolute Gasteiger partial charge is 0.308 e. The highest BCUT2D eigenvalue weighted by molar-refractivity contribution is 5.25. The van der Waals surface area contributed by atoms with Crippen molar-refractivity contribution >= 4 is 0 Å². The molecule has 0 aliphatic carbocycles. The summed E-state index contributed by atoms with van der Waals surface area (Å²) in [5.74, 6) is -0.323. The Labute approximate surface area is 102 Å². The van der Waals surface area contributed by atoms with Gasteiger partial charge < -0.3 is 4.90 Å². The summed E-state index contributed by atoms with van der Waals surface area (Å²) in [4.78, 5) is 3.89. The molecule has 0 N–H and O–H groups in total. The molecule has 4 heteroatoms. The summed E-state index contributed by atoms with van der Waals surface area (Å²) in [6.07, 6.45) is 0. The molecule has 0 fully saturated rings. The third kappa shape index (κ3) is 3.81. The lowest BCUT2D eigenvalue weighted by Gasteiger charge is -2.24. The molecule has 0 bridgehead atoms. The summed E-state index contributed by atoms with van der Waals surface area (Å²) in [5.41, 5.74) is 0.441. The number of rotatable bonds is 5. The van der Waals surface area contributed by atoms with Crippen LogP contribution in [0.3, 0.4) is 0 Å². The number of hydrogen-bond donors (Lipinski definition) is 0. The van der Waals surface area contributed by atoms with Crippen molar-refractivity contribution in [1.29, 1.82) is 5.26 Å². The maximum absolute atomic E-state index is 13.6. The van der Waals surface area contributed by atoms with E-state index in [1.807, 2.05) is 30.9 Å². The van der Waals surface area contributed by atoms with Gasteiger partial charge in [-0.3, -0.25) is 4.90 Å². The highest BCUT2D eigenvalue weighted by Crippen LogP contribution is 2.21. The van der Waals surface area contributed by atoms with Gasteiger partial charge in [0.15, 0.2) is 0 Å². The molecule has 17 heavy (non-hydrogen) atoms. The van der Waals surface area contributed by atoms with Gasteiger partial charge in [0.05, 0.1) is 6.07 Å². The van der Waals surface area contributed by atoms with E-state index in [9.17, 15) is 4.39 Å². The van der Waals surface area contributed by atoms with Gasteiger partial charge in [0, 0.05) is 18.7 Å². The van der Waals surface area contributed by atoms with E-state index in [-0.39, 0.29) is 5.82 Å². The van der Waals surface area contributed by atoms with Gasteiger partial charge >= 0.3 is 0 Å². The molecule has 1 aromatic rings. The highest BCUT2D eigenvalue weighted by Gasteiger charge is 2.19. The Morgan fingerprint density at radius 2 is 1.88 bits per heavy atom. The molecule has 0 radical (unpaired) electrons. The van der Waals surface area contributed by atoms with Gasteiger partial charge in [-0.25, -0.2) is 4.39 Å². The second kappa shape index (κ2) is 6.33. The minimum atomic E-state index is -0.531. The maximum Gasteiger partial charge on any atom is 0.129 e. The summed E-state index contributed by atoms with van der Waals surface area (Å²) in [7, 11) is 5.78. The highest BCUT2D eigenvalue weighted by atomic mass is 19.1. The Morgan fingerprint density at radius 1 is 1.24 bits per heavy atom. The number of hydrogen-bond acceptors (Lipinski definition) is 3. The van der Waals surface area contributed by atoms with E-state index in [1.54, 1.807) is 18.2 Å². The smallest absolute Gasteiger partial charge is 0.129 e. The van der Waals surface area contributed by atoms with Crippen molar-refractivity contribution in [2.75, 3.05) is 34.2 Å². The summed E-state index contributed by atoms with van der Waals surface area (Å²) >= 11 is 0. The van der Waals surface area contributed by atoms with Crippen LogP contribution in [0.2, 0.25) is 0 Å². The first-order chi connectivity index (χ1) is 8.06. The zero-order chi connectivity index (χ0) is 12.8. The Balaban J connectivity index is 2.79. The van der Waals surface area contributed by atoms with Gasteiger partial charge in [-0.05, 0) is 27.2 Å². The second-order valence-electron chi connectivity index (χ2n) is 4.34. The first-order valence-electron chi connectivity index (χ1n) is 5.55. The van der Waals surface area contributed by atoms with Crippen LogP contribution in [0.25, 0.3) is 0 Å². The van der Waals surface area contributed by atoms with Crippen molar-refractivity contribution in [3.8, 4) is 6.07 Å². The zero-order valence-electron chi connectivity index (χ0n) is 10.5. The molecule has 0 saturated heterocycles. The van der Waals surface area contributed by atoms with Crippen molar-refractivity contribution in [2.45, 2.75) is 6.04 Å². The lowest BCUT2D eigenvalue weighted by atomic mass is 10.1. The van der Waals surface area contributed by atoms with Crippen molar-refractivity contribution in [3.63, 3.8) is 0 Å². The second-order valence-corrected chi connectivity index (χ2v) is 4.34. The van der Waals surface area contributed by atoms with Gasteiger partial charge in [-0.2, -0.15) is 5.26 Å². The van der Waals surface area contributed by atoms with Gasteiger partial charge in [-0.15, -0.1) is 0 Å². The van der Waals surface area contributed by atoms with Gasteiger partial charge in [0.25, 0.3) is 0 Å². The third-order valence-corrected chi connectivity index (χ3v) is 2.66. The number of nitriles is 1. The zero-order valence-corrected chi connectivity index (χ0v) is 10.5. The fraction of sp³-hybridized carbons (Fsp3) is 0.462. The molecule has 0 aromatic heterocycles. The monoisotopic (exact) mass is 235 g/mol. The standard InChI is InChI=1S/C13H18FN3/c1-16(2)8-9-17(3)13(10-15)11-6-4-5-7-12(11)14/h4-7,13H,8-9H2,1-3H3. The fourth-order valence-corrected chi connectivity index (χ4v) is 1.59. The molecule has 92 valence electrons. The van der Waals surface area contributed by atoms with Crippen LogP contribution in [0.1, 0.15) is 11.6 Å². The summed E-state index contributed by atoms with van der Waals surface area (Å²) in [6.45, 7) is 1.56. The van der Waals surface area contributed by atoms with E-state index in [2.05, 4.69) is 6.07 Å². The Hall–Kier alpha value is -1.44. The topological polar surface area (TPSA) is 30.3 Å². The molecule has 1 atom stereocenters. The lowest BCUT2D eigenvalue weighted by molar-refractivity contribution is 0.249. The molecule has 0 spiro atoms. The molecule has 0 saturated carbocycles. The van der Waals surface area contributed by atoms with E-state index in [0.29, 0.717) is 5.56 Å². The van der Waals surface area contributed by atoms with Gasteiger partial charge in [0.1, 0.15) is 11.9 Å². The van der Waals surface area contributed by atoms with Crippen LogP contribution < -0.4 is 0 Å². The minimum Gasteiger partial charge on any atom is -0.308 e. The quantitative estimate of drug-likeness (QED) is 0.780. The Kier molecular flexibility index (Phi) is 5.08. The SMILES string of the molecule is CN(C)CCN(C)C(C#N)c1ccccc1F. The van der Waals surface area contributed by atoms with Crippen LogP contribution in [-0.2, 0) is 0 Å². The molecule has 1 aromatic carbocycles. The normalized spacial score (nSPS) is 12.8. The first kappa shape index (κ1) is 13.6. The van der Waals surface area contributed by atoms with Crippen molar-refractivity contribution in [1.82, 2.24) is 9.80 Å². The van der Waals surface area contributed by atoms with E-state index < -0.39 is 6.04 Å². The molecule has 1 rings (SSSR count). The maximum atomic E-state index is 13.6. The molecule has 0 aliphatic rings. The molecule has 3 nitrogen and oxygen atoms in total. The summed E-state index contributed by atoms with van der Waals surface area (Å²) < 4.78 is 13.6. The summed E-state index contributed by atoms with van der Waals surface area (Å²) in [5, 5.41) is 9.17. The molecular formula is C13H18FN3. The number of nitrogens with zero attached hydrogens (tertiary/aromatic N) is 3. The van der Waals surface area contributed by atoms with Crippen LogP contribution in [0.4, 0.5) is 4.39 Å². The Bertz CT molecular complexity index is 398. The van der Waals surface area contributed by atoms with Gasteiger partial charge in [-0.1, -0.05) is 18.2 Å². The third-order valence-electron chi connectivity index (χ3n) is 2.66. The average molecular weight is 235 g/mol. The number of likely N-dealkylation sites (N-methyl/N-ethyl adjacent to an activating group) is 2. The van der Waals surface area contributed by atoms with Crippen molar-refractivity contribution < 1.29 is 4.39 Å². The Morgan fingerprint density at radius 3 is 2.41 bits per heavy atom. The molecule has 0 heterocycles. The van der Waals surface area contributed by atoms with Crippen molar-refractivity contribution in [3.05, 3.63) is 35.6 Å². The molecule has 0 amide bonds. The number of benzene rings is 1. The van der Waals surface area contributed by atoms with Crippen LogP contribution in [0.15, 0.2) is 24.3 Å². The van der Waals surface area contributed by atoms with Crippen LogP contribution in [0.5, 0.6) is 0 Å². The average Bonchev–Trinajstić information content (AvgIpc) is 2.30. The fourth-order valence-electron chi connectivity index (χ4n) is 1.59. The van der Waals surface area contributed by atoms with Crippen molar-refractivity contribution in [2.24, 2.45) is 0 Å². The van der Waals surface area contributed by atoms with E-state index in [1.165, 1.54) is 6.07 Å². The number of halogens is 1. The predicted octanol–water partition coefficient (Wildman–Crippen LogP) is 1.88. The van der Waals surface area contributed by atoms with Crippen LogP contribution in [-0.4, -0.2) is 44.0 Å². The lowest BCUT2D eigenvalue weighted by Crippen LogP contribution is -2.31.